The van der Waals surface area contributed by atoms with Crippen LogP contribution in [0, 0.1) is 11.3 Å². The van der Waals surface area contributed by atoms with Crippen molar-refractivity contribution in [2.45, 2.75) is 0 Å². The van der Waals surface area contributed by atoms with Crippen molar-refractivity contribution in [3.05, 3.63) is 76.4 Å². The number of hydrogen-bond donors (Lipinski definition) is 1. The molecule has 2 aromatic carbocycles. The van der Waals surface area contributed by atoms with E-state index >= 15 is 0 Å². The molecule has 0 spiro atoms. The molecule has 0 atom stereocenters. The molecule has 20 heavy (non-hydrogen) atoms. The molecule has 0 unspecified atom stereocenters. The average molecular weight is 327 g/mol. The second kappa shape index (κ2) is 6.69. The maximum Gasteiger partial charge on any atom is 0.205 e. The second-order valence-electron chi connectivity index (χ2n) is 4.02. The Morgan fingerprint density at radius 2 is 1.75 bits per heavy atom. The van der Waals surface area contributed by atoms with E-state index in [0.29, 0.717) is 5.56 Å². The van der Waals surface area contributed by atoms with Crippen LogP contribution in [0.25, 0.3) is 0 Å². The van der Waals surface area contributed by atoms with E-state index in [1.165, 1.54) is 6.20 Å². The van der Waals surface area contributed by atoms with Gasteiger partial charge in [-0.3, -0.25) is 4.79 Å². The van der Waals surface area contributed by atoms with Crippen LogP contribution in [0.4, 0.5) is 5.69 Å². The van der Waals surface area contributed by atoms with E-state index in [2.05, 4.69) is 21.2 Å². The van der Waals surface area contributed by atoms with Crippen molar-refractivity contribution in [2.75, 3.05) is 5.32 Å². The number of benzene rings is 2. The van der Waals surface area contributed by atoms with E-state index in [0.717, 1.165) is 10.2 Å². The topological polar surface area (TPSA) is 52.9 Å². The minimum absolute atomic E-state index is 0.0659. The van der Waals surface area contributed by atoms with Crippen molar-refractivity contribution in [3.8, 4) is 6.07 Å². The largest absolute Gasteiger partial charge is 0.360 e. The monoisotopic (exact) mass is 326 g/mol. The molecule has 3 nitrogen and oxygen atoms in total. The van der Waals surface area contributed by atoms with Crippen molar-refractivity contribution >= 4 is 27.4 Å². The first-order chi connectivity index (χ1) is 9.70. The summed E-state index contributed by atoms with van der Waals surface area (Å²) in [5.41, 5.74) is 1.37. The fourth-order valence-corrected chi connectivity index (χ4v) is 1.86. The molecule has 4 heteroatoms. The molecule has 0 saturated carbocycles. The zero-order valence-electron chi connectivity index (χ0n) is 10.5. The molecule has 0 fully saturated rings. The van der Waals surface area contributed by atoms with Crippen LogP contribution in [0.15, 0.2) is 70.8 Å². The fourth-order valence-electron chi connectivity index (χ4n) is 1.60. The molecule has 0 aromatic heterocycles. The Labute approximate surface area is 125 Å². The van der Waals surface area contributed by atoms with Gasteiger partial charge in [-0.1, -0.05) is 34.1 Å². The summed E-state index contributed by atoms with van der Waals surface area (Å²) < 4.78 is 0.888. The third kappa shape index (κ3) is 3.56. The second-order valence-corrected chi connectivity index (χ2v) is 4.93. The normalized spacial score (nSPS) is 10.7. The molecule has 0 radical (unpaired) electrons. The van der Waals surface area contributed by atoms with Gasteiger partial charge < -0.3 is 5.32 Å². The Morgan fingerprint density at radius 3 is 2.35 bits per heavy atom. The van der Waals surface area contributed by atoms with Crippen LogP contribution in [0.2, 0.25) is 0 Å². The molecule has 0 aliphatic carbocycles. The van der Waals surface area contributed by atoms with Crippen molar-refractivity contribution < 1.29 is 4.79 Å². The lowest BCUT2D eigenvalue weighted by Crippen LogP contribution is -2.04. The number of carbonyl (C=O) groups is 1. The zero-order valence-corrected chi connectivity index (χ0v) is 12.1. The molecule has 0 bridgehead atoms. The number of carbonyl (C=O) groups excluding carboxylic acids is 1. The molecule has 98 valence electrons. The Bertz CT molecular complexity index is 670. The van der Waals surface area contributed by atoms with Gasteiger partial charge in [-0.2, -0.15) is 5.26 Å². The Morgan fingerprint density at radius 1 is 1.10 bits per heavy atom. The highest BCUT2D eigenvalue weighted by Crippen LogP contribution is 2.14. The summed E-state index contributed by atoms with van der Waals surface area (Å²) >= 11 is 3.31. The van der Waals surface area contributed by atoms with Crippen LogP contribution in [0.1, 0.15) is 10.4 Å². The SMILES string of the molecule is N#C/C(=C\Nc1ccccc1)C(=O)c1ccc(Br)cc1. The number of anilines is 1. The summed E-state index contributed by atoms with van der Waals surface area (Å²) in [5, 5.41) is 12.0. The molecule has 0 saturated heterocycles. The minimum Gasteiger partial charge on any atom is -0.360 e. The van der Waals surface area contributed by atoms with Gasteiger partial charge in [0.25, 0.3) is 0 Å². The minimum atomic E-state index is -0.302. The summed E-state index contributed by atoms with van der Waals surface area (Å²) in [7, 11) is 0. The lowest BCUT2D eigenvalue weighted by molar-refractivity contribution is 0.103. The van der Waals surface area contributed by atoms with Crippen LogP contribution >= 0.6 is 15.9 Å². The molecule has 0 aliphatic rings. The van der Waals surface area contributed by atoms with Gasteiger partial charge in [-0.05, 0) is 36.4 Å². The number of nitrogens with zero attached hydrogens (tertiary/aromatic N) is 1. The molecule has 0 aliphatic heterocycles. The van der Waals surface area contributed by atoms with Gasteiger partial charge in [0.2, 0.25) is 5.78 Å². The first kappa shape index (κ1) is 14.0. The fraction of sp³-hybridized carbons (Fsp3) is 0. The molecular weight excluding hydrogens is 316 g/mol. The number of Topliss-reactive ketones (excluding diaryl/α,β-unsaturated/α-hetero) is 1. The highest BCUT2D eigenvalue weighted by atomic mass is 79.9. The van der Waals surface area contributed by atoms with E-state index in [1.807, 2.05) is 36.4 Å². The molecule has 2 rings (SSSR count). The number of allylic oxidation sites excluding steroid dienone is 1. The smallest absolute Gasteiger partial charge is 0.205 e. The Kier molecular flexibility index (Phi) is 4.70. The van der Waals surface area contributed by atoms with Gasteiger partial charge in [-0.15, -0.1) is 0 Å². The van der Waals surface area contributed by atoms with Crippen molar-refractivity contribution in [1.29, 1.82) is 5.26 Å². The van der Waals surface area contributed by atoms with E-state index in [-0.39, 0.29) is 11.4 Å². The lowest BCUT2D eigenvalue weighted by Gasteiger charge is -2.02. The highest BCUT2D eigenvalue weighted by Gasteiger charge is 2.11. The number of halogens is 1. The van der Waals surface area contributed by atoms with Crippen LogP contribution in [0.5, 0.6) is 0 Å². The van der Waals surface area contributed by atoms with Crippen LogP contribution in [-0.2, 0) is 0 Å². The number of nitrogens with one attached hydrogen (secondary N) is 1. The first-order valence-corrected chi connectivity index (χ1v) is 6.72. The van der Waals surface area contributed by atoms with Crippen molar-refractivity contribution in [1.82, 2.24) is 0 Å². The Balaban J connectivity index is 2.18. The summed E-state index contributed by atoms with van der Waals surface area (Å²) in [6, 6.07) is 18.2. The maximum atomic E-state index is 12.2. The highest BCUT2D eigenvalue weighted by molar-refractivity contribution is 9.10. The number of nitriles is 1. The average Bonchev–Trinajstić information content (AvgIpc) is 2.49. The number of para-hydroxylation sites is 1. The number of rotatable bonds is 4. The van der Waals surface area contributed by atoms with E-state index in [4.69, 9.17) is 5.26 Å². The predicted octanol–water partition coefficient (Wildman–Crippen LogP) is 4.15. The van der Waals surface area contributed by atoms with Crippen LogP contribution < -0.4 is 5.32 Å². The number of ketones is 1. The van der Waals surface area contributed by atoms with Crippen molar-refractivity contribution in [2.24, 2.45) is 0 Å². The predicted molar refractivity (Wildman–Crippen MR) is 82.2 cm³/mol. The van der Waals surface area contributed by atoms with Gasteiger partial charge in [-0.25, -0.2) is 0 Å². The molecule has 0 amide bonds. The summed E-state index contributed by atoms with van der Waals surface area (Å²) in [6.07, 6.45) is 1.43. The zero-order chi connectivity index (χ0) is 14.4. The van der Waals surface area contributed by atoms with Crippen LogP contribution in [-0.4, -0.2) is 5.78 Å². The molecule has 2 aromatic rings. The summed E-state index contributed by atoms with van der Waals surface area (Å²) in [4.78, 5) is 12.2. The van der Waals surface area contributed by atoms with E-state index in [1.54, 1.807) is 24.3 Å². The molecular formula is C16H11BrN2O. The molecule has 1 N–H and O–H groups in total. The summed E-state index contributed by atoms with van der Waals surface area (Å²) in [5.74, 6) is -0.302. The quantitative estimate of drug-likeness (QED) is 0.521. The van der Waals surface area contributed by atoms with Crippen molar-refractivity contribution in [3.63, 3.8) is 0 Å². The maximum absolute atomic E-state index is 12.2. The third-order valence-corrected chi connectivity index (χ3v) is 3.16. The molecule has 0 heterocycles. The van der Waals surface area contributed by atoms with E-state index in [9.17, 15) is 4.79 Å². The van der Waals surface area contributed by atoms with Gasteiger partial charge in [0.05, 0.1) is 0 Å². The lowest BCUT2D eigenvalue weighted by atomic mass is 10.1. The first-order valence-electron chi connectivity index (χ1n) is 5.93. The Hall–Kier alpha value is -2.38. The standard InChI is InChI=1S/C16H11BrN2O/c17-14-8-6-12(7-9-14)16(20)13(10-18)11-19-15-4-2-1-3-5-15/h1-9,11,19H/b13-11+. The number of hydrogen-bond acceptors (Lipinski definition) is 3. The van der Waals surface area contributed by atoms with Crippen LogP contribution in [0.3, 0.4) is 0 Å². The van der Waals surface area contributed by atoms with Gasteiger partial charge in [0.1, 0.15) is 11.6 Å². The van der Waals surface area contributed by atoms with E-state index < -0.39 is 0 Å². The van der Waals surface area contributed by atoms with Gasteiger partial charge >= 0.3 is 0 Å². The van der Waals surface area contributed by atoms with Gasteiger partial charge in [0.15, 0.2) is 0 Å². The van der Waals surface area contributed by atoms with Gasteiger partial charge in [0, 0.05) is 21.9 Å². The third-order valence-electron chi connectivity index (χ3n) is 2.63. The summed E-state index contributed by atoms with van der Waals surface area (Å²) in [6.45, 7) is 0.